The van der Waals surface area contributed by atoms with E-state index in [1.54, 1.807) is 30.3 Å². The molecule has 0 spiro atoms. The first kappa shape index (κ1) is 10.2. The average molecular weight is 219 g/mol. The van der Waals surface area contributed by atoms with E-state index in [2.05, 4.69) is 10.7 Å². The fourth-order valence-corrected chi connectivity index (χ4v) is 1.31. The Hall–Kier alpha value is -2.37. The summed E-state index contributed by atoms with van der Waals surface area (Å²) >= 11 is 0. The monoisotopic (exact) mass is 219 g/mol. The number of nitrogens with one attached hydrogen (secondary N) is 2. The Balaban J connectivity index is 2.03. The molecule has 0 bridgehead atoms. The Kier molecular flexibility index (Phi) is 2.55. The van der Waals surface area contributed by atoms with Crippen molar-refractivity contribution in [1.29, 1.82) is 0 Å². The van der Waals surface area contributed by atoms with Crippen LogP contribution in [0, 0.1) is 0 Å². The quantitative estimate of drug-likeness (QED) is 0.681. The molecule has 0 unspecified atom stereocenters. The first-order valence-corrected chi connectivity index (χ1v) is 4.64. The third-order valence-corrected chi connectivity index (χ3v) is 2.07. The maximum absolute atomic E-state index is 11.6. The molecule has 1 fully saturated rings. The van der Waals surface area contributed by atoms with Crippen LogP contribution in [0.5, 0.6) is 0 Å². The summed E-state index contributed by atoms with van der Waals surface area (Å²) in [4.78, 5) is 33.6. The molecule has 16 heavy (non-hydrogen) atoms. The SMILES string of the molecule is O=C1CN(NC(=O)c2ccccc2)C(=O)N1. The van der Waals surface area contributed by atoms with Gasteiger partial charge in [-0.05, 0) is 12.1 Å². The number of urea groups is 1. The van der Waals surface area contributed by atoms with Crippen molar-refractivity contribution in [3.05, 3.63) is 35.9 Å². The number of nitrogens with zero attached hydrogens (tertiary/aromatic N) is 1. The van der Waals surface area contributed by atoms with Crippen LogP contribution in [0.3, 0.4) is 0 Å². The second kappa shape index (κ2) is 4.01. The number of hydrazine groups is 1. The molecule has 1 aliphatic rings. The topological polar surface area (TPSA) is 78.5 Å². The minimum absolute atomic E-state index is 0.155. The Bertz CT molecular complexity index is 444. The Morgan fingerprint density at radius 3 is 2.50 bits per heavy atom. The summed E-state index contributed by atoms with van der Waals surface area (Å²) in [5.41, 5.74) is 2.76. The van der Waals surface area contributed by atoms with Crippen molar-refractivity contribution in [1.82, 2.24) is 15.8 Å². The van der Waals surface area contributed by atoms with Crippen LogP contribution in [-0.4, -0.2) is 29.4 Å². The van der Waals surface area contributed by atoms with Crippen LogP contribution >= 0.6 is 0 Å². The van der Waals surface area contributed by atoms with E-state index in [-0.39, 0.29) is 6.54 Å². The summed E-state index contributed by atoms with van der Waals surface area (Å²) < 4.78 is 0. The zero-order valence-corrected chi connectivity index (χ0v) is 8.27. The van der Waals surface area contributed by atoms with Crippen molar-refractivity contribution in [3.63, 3.8) is 0 Å². The third-order valence-electron chi connectivity index (χ3n) is 2.07. The second-order valence-electron chi connectivity index (χ2n) is 3.25. The van der Waals surface area contributed by atoms with E-state index in [0.29, 0.717) is 5.56 Å². The highest BCUT2D eigenvalue weighted by Gasteiger charge is 2.28. The lowest BCUT2D eigenvalue weighted by molar-refractivity contribution is -0.118. The maximum atomic E-state index is 11.6. The number of hydrogen-bond acceptors (Lipinski definition) is 3. The fourth-order valence-electron chi connectivity index (χ4n) is 1.31. The van der Waals surface area contributed by atoms with Gasteiger partial charge in [0, 0.05) is 5.56 Å². The molecule has 1 aromatic rings. The Morgan fingerprint density at radius 1 is 1.25 bits per heavy atom. The van der Waals surface area contributed by atoms with E-state index in [4.69, 9.17) is 0 Å². The predicted molar refractivity (Wildman–Crippen MR) is 54.2 cm³/mol. The van der Waals surface area contributed by atoms with Crippen molar-refractivity contribution in [2.24, 2.45) is 0 Å². The minimum Gasteiger partial charge on any atom is -0.275 e. The van der Waals surface area contributed by atoms with Crippen LogP contribution in [-0.2, 0) is 4.79 Å². The van der Waals surface area contributed by atoms with E-state index in [1.165, 1.54) is 0 Å². The maximum Gasteiger partial charge on any atom is 0.343 e. The molecule has 1 aromatic carbocycles. The van der Waals surface area contributed by atoms with Gasteiger partial charge in [0.1, 0.15) is 6.54 Å². The fraction of sp³-hybridized carbons (Fsp3) is 0.100. The number of amides is 4. The number of carbonyl (C=O) groups excluding carboxylic acids is 3. The number of imide groups is 1. The molecule has 0 aliphatic carbocycles. The molecule has 1 heterocycles. The molecule has 0 atom stereocenters. The average Bonchev–Trinajstić information content (AvgIpc) is 2.59. The zero-order valence-electron chi connectivity index (χ0n) is 8.27. The lowest BCUT2D eigenvalue weighted by Crippen LogP contribution is -2.44. The van der Waals surface area contributed by atoms with Crippen molar-refractivity contribution in [2.45, 2.75) is 0 Å². The van der Waals surface area contributed by atoms with E-state index < -0.39 is 17.8 Å². The largest absolute Gasteiger partial charge is 0.343 e. The highest BCUT2D eigenvalue weighted by atomic mass is 16.2. The molecule has 2 rings (SSSR count). The van der Waals surface area contributed by atoms with Gasteiger partial charge in [0.15, 0.2) is 0 Å². The predicted octanol–water partition coefficient (Wildman–Crippen LogP) is -0.117. The first-order chi connectivity index (χ1) is 7.66. The summed E-state index contributed by atoms with van der Waals surface area (Å²) in [5, 5.41) is 3.00. The summed E-state index contributed by atoms with van der Waals surface area (Å²) in [5.74, 6) is -0.858. The molecule has 4 amide bonds. The van der Waals surface area contributed by atoms with Gasteiger partial charge in [-0.25, -0.2) is 9.80 Å². The first-order valence-electron chi connectivity index (χ1n) is 4.64. The van der Waals surface area contributed by atoms with Crippen LogP contribution in [0.1, 0.15) is 10.4 Å². The van der Waals surface area contributed by atoms with Crippen molar-refractivity contribution in [2.75, 3.05) is 6.54 Å². The van der Waals surface area contributed by atoms with Crippen LogP contribution in [0.25, 0.3) is 0 Å². The van der Waals surface area contributed by atoms with Gasteiger partial charge in [0.25, 0.3) is 5.91 Å². The van der Waals surface area contributed by atoms with Crippen molar-refractivity contribution < 1.29 is 14.4 Å². The summed E-state index contributed by atoms with van der Waals surface area (Å²) in [6, 6.07) is 7.82. The molecule has 6 nitrogen and oxygen atoms in total. The van der Waals surface area contributed by atoms with Gasteiger partial charge >= 0.3 is 6.03 Å². The molecule has 1 saturated heterocycles. The number of benzene rings is 1. The van der Waals surface area contributed by atoms with Gasteiger partial charge in [-0.15, -0.1) is 0 Å². The molecule has 2 N–H and O–H groups in total. The van der Waals surface area contributed by atoms with Gasteiger partial charge in [0.2, 0.25) is 5.91 Å². The lowest BCUT2D eigenvalue weighted by Gasteiger charge is -2.14. The van der Waals surface area contributed by atoms with Crippen LogP contribution in [0.4, 0.5) is 4.79 Å². The van der Waals surface area contributed by atoms with Crippen molar-refractivity contribution in [3.8, 4) is 0 Å². The zero-order chi connectivity index (χ0) is 11.5. The Labute approximate surface area is 91.2 Å². The van der Waals surface area contributed by atoms with Gasteiger partial charge in [0.05, 0.1) is 0 Å². The lowest BCUT2D eigenvalue weighted by atomic mass is 10.2. The molecular weight excluding hydrogens is 210 g/mol. The highest BCUT2D eigenvalue weighted by molar-refractivity contribution is 6.03. The second-order valence-corrected chi connectivity index (χ2v) is 3.25. The van der Waals surface area contributed by atoms with Gasteiger partial charge < -0.3 is 0 Å². The molecule has 82 valence electrons. The summed E-state index contributed by atoms with van der Waals surface area (Å²) in [6.07, 6.45) is 0. The van der Waals surface area contributed by atoms with Gasteiger partial charge in [-0.2, -0.15) is 0 Å². The molecule has 0 saturated carbocycles. The van der Waals surface area contributed by atoms with E-state index in [0.717, 1.165) is 5.01 Å². The van der Waals surface area contributed by atoms with E-state index >= 15 is 0 Å². The molecule has 0 aromatic heterocycles. The normalized spacial score (nSPS) is 14.9. The van der Waals surface area contributed by atoms with Gasteiger partial charge in [-0.3, -0.25) is 20.3 Å². The number of rotatable bonds is 2. The van der Waals surface area contributed by atoms with E-state index in [9.17, 15) is 14.4 Å². The molecule has 0 radical (unpaired) electrons. The highest BCUT2D eigenvalue weighted by Crippen LogP contribution is 2.00. The standard InChI is InChI=1S/C10H9N3O3/c14-8-6-13(10(16)11-8)12-9(15)7-4-2-1-3-5-7/h1-5H,6H2,(H,12,15)(H,11,14,16). The Morgan fingerprint density at radius 2 is 1.94 bits per heavy atom. The molecule has 1 aliphatic heterocycles. The minimum atomic E-state index is -0.616. The van der Waals surface area contributed by atoms with Crippen LogP contribution in [0.2, 0.25) is 0 Å². The molecular formula is C10H9N3O3. The molecule has 6 heteroatoms. The number of carbonyl (C=O) groups is 3. The smallest absolute Gasteiger partial charge is 0.275 e. The van der Waals surface area contributed by atoms with Crippen molar-refractivity contribution >= 4 is 17.8 Å². The summed E-state index contributed by atoms with van der Waals surface area (Å²) in [7, 11) is 0. The van der Waals surface area contributed by atoms with E-state index in [1.807, 2.05) is 0 Å². The number of hydrogen-bond donors (Lipinski definition) is 2. The van der Waals surface area contributed by atoms with Crippen LogP contribution in [0.15, 0.2) is 30.3 Å². The van der Waals surface area contributed by atoms with Crippen LogP contribution < -0.4 is 10.7 Å². The van der Waals surface area contributed by atoms with Gasteiger partial charge in [-0.1, -0.05) is 18.2 Å². The summed E-state index contributed by atoms with van der Waals surface area (Å²) in [6.45, 7) is -0.155. The third kappa shape index (κ3) is 2.00.